The highest BCUT2D eigenvalue weighted by atomic mass is 16.5. The molecule has 1 saturated heterocycles. The lowest BCUT2D eigenvalue weighted by Gasteiger charge is -2.22. The number of carbonyl (C=O) groups is 1. The molecule has 0 atom stereocenters. The second-order valence-corrected chi connectivity index (χ2v) is 5.39. The smallest absolute Gasteiger partial charge is 0.226 e. The van der Waals surface area contributed by atoms with Crippen LogP contribution in [0.15, 0.2) is 18.2 Å². The van der Waals surface area contributed by atoms with Gasteiger partial charge >= 0.3 is 0 Å². The monoisotopic (exact) mass is 276 g/mol. The van der Waals surface area contributed by atoms with Gasteiger partial charge < -0.3 is 15.4 Å². The zero-order valence-electron chi connectivity index (χ0n) is 12.4. The molecule has 0 radical (unpaired) electrons. The van der Waals surface area contributed by atoms with Gasteiger partial charge in [-0.3, -0.25) is 4.79 Å². The van der Waals surface area contributed by atoms with E-state index in [1.807, 2.05) is 32.0 Å². The summed E-state index contributed by atoms with van der Waals surface area (Å²) < 4.78 is 5.75. The first-order valence-electron chi connectivity index (χ1n) is 7.35. The number of hydrogen-bond donors (Lipinski definition) is 2. The van der Waals surface area contributed by atoms with E-state index in [1.54, 1.807) is 0 Å². The number of benzene rings is 1. The minimum Gasteiger partial charge on any atom is -0.378 e. The second kappa shape index (κ2) is 7.41. The summed E-state index contributed by atoms with van der Waals surface area (Å²) in [5, 5.41) is 6.28. The summed E-state index contributed by atoms with van der Waals surface area (Å²) in [6.07, 6.45) is 2.80. The SMILES string of the molecule is Cc1cccc(C)c1NC(=O)CCOC1CCNCC1. The van der Waals surface area contributed by atoms with E-state index < -0.39 is 0 Å². The van der Waals surface area contributed by atoms with Crippen molar-refractivity contribution < 1.29 is 9.53 Å². The number of rotatable bonds is 5. The van der Waals surface area contributed by atoms with Crippen LogP contribution in [-0.2, 0) is 9.53 Å². The van der Waals surface area contributed by atoms with Gasteiger partial charge in [-0.25, -0.2) is 0 Å². The molecule has 1 aliphatic rings. The van der Waals surface area contributed by atoms with Gasteiger partial charge in [0, 0.05) is 5.69 Å². The van der Waals surface area contributed by atoms with Gasteiger partial charge in [0.15, 0.2) is 0 Å². The fourth-order valence-corrected chi connectivity index (χ4v) is 2.49. The van der Waals surface area contributed by atoms with Crippen molar-refractivity contribution in [2.24, 2.45) is 0 Å². The fourth-order valence-electron chi connectivity index (χ4n) is 2.49. The van der Waals surface area contributed by atoms with Crippen molar-refractivity contribution >= 4 is 11.6 Å². The fraction of sp³-hybridized carbons (Fsp3) is 0.562. The summed E-state index contributed by atoms with van der Waals surface area (Å²) in [5.74, 6) is 0.0244. The summed E-state index contributed by atoms with van der Waals surface area (Å²) in [7, 11) is 0. The van der Waals surface area contributed by atoms with Crippen molar-refractivity contribution in [3.63, 3.8) is 0 Å². The molecule has 2 N–H and O–H groups in total. The average molecular weight is 276 g/mol. The Labute approximate surface area is 120 Å². The van der Waals surface area contributed by atoms with Gasteiger partial charge in [-0.15, -0.1) is 0 Å². The highest BCUT2D eigenvalue weighted by Crippen LogP contribution is 2.19. The van der Waals surface area contributed by atoms with Gasteiger partial charge in [0.05, 0.1) is 19.1 Å². The molecule has 4 nitrogen and oxygen atoms in total. The van der Waals surface area contributed by atoms with E-state index in [0.717, 1.165) is 42.7 Å². The molecule has 110 valence electrons. The number of amides is 1. The highest BCUT2D eigenvalue weighted by Gasteiger charge is 2.14. The van der Waals surface area contributed by atoms with Gasteiger partial charge in [-0.1, -0.05) is 18.2 Å². The van der Waals surface area contributed by atoms with Gasteiger partial charge in [0.2, 0.25) is 5.91 Å². The van der Waals surface area contributed by atoms with Crippen molar-refractivity contribution in [1.29, 1.82) is 0 Å². The third-order valence-electron chi connectivity index (χ3n) is 3.71. The van der Waals surface area contributed by atoms with E-state index in [1.165, 1.54) is 0 Å². The number of ether oxygens (including phenoxy) is 1. The van der Waals surface area contributed by atoms with E-state index in [-0.39, 0.29) is 5.91 Å². The van der Waals surface area contributed by atoms with Crippen molar-refractivity contribution in [3.8, 4) is 0 Å². The molecule has 1 aliphatic heterocycles. The predicted molar refractivity (Wildman–Crippen MR) is 81.0 cm³/mol. The summed E-state index contributed by atoms with van der Waals surface area (Å²) in [5.41, 5.74) is 3.12. The Hall–Kier alpha value is -1.39. The first-order valence-corrected chi connectivity index (χ1v) is 7.35. The molecule has 0 spiro atoms. The molecule has 0 saturated carbocycles. The van der Waals surface area contributed by atoms with Gasteiger partial charge in [0.1, 0.15) is 0 Å². The van der Waals surface area contributed by atoms with Crippen molar-refractivity contribution in [2.75, 3.05) is 25.0 Å². The Morgan fingerprint density at radius 3 is 2.60 bits per heavy atom. The molecular formula is C16H24N2O2. The second-order valence-electron chi connectivity index (χ2n) is 5.39. The van der Waals surface area contributed by atoms with Gasteiger partial charge in [-0.2, -0.15) is 0 Å². The average Bonchev–Trinajstić information content (AvgIpc) is 2.44. The van der Waals surface area contributed by atoms with E-state index >= 15 is 0 Å². The van der Waals surface area contributed by atoms with E-state index in [2.05, 4.69) is 10.6 Å². The highest BCUT2D eigenvalue weighted by molar-refractivity contribution is 5.92. The molecule has 0 bridgehead atoms. The summed E-state index contributed by atoms with van der Waals surface area (Å²) in [4.78, 5) is 12.0. The molecule has 0 aliphatic carbocycles. The number of anilines is 1. The van der Waals surface area contributed by atoms with Crippen LogP contribution in [0.4, 0.5) is 5.69 Å². The van der Waals surface area contributed by atoms with E-state index in [9.17, 15) is 4.79 Å². The van der Waals surface area contributed by atoms with Crippen LogP contribution >= 0.6 is 0 Å². The molecule has 1 amide bonds. The molecule has 4 heteroatoms. The molecule has 0 unspecified atom stereocenters. The Morgan fingerprint density at radius 2 is 1.95 bits per heavy atom. The van der Waals surface area contributed by atoms with Crippen molar-refractivity contribution in [2.45, 2.75) is 39.2 Å². The number of aryl methyl sites for hydroxylation is 2. The summed E-state index contributed by atoms with van der Waals surface area (Å²) >= 11 is 0. The molecular weight excluding hydrogens is 252 g/mol. The van der Waals surface area contributed by atoms with Crippen LogP contribution in [0, 0.1) is 13.8 Å². The Balaban J connectivity index is 1.75. The zero-order chi connectivity index (χ0) is 14.4. The molecule has 2 rings (SSSR count). The predicted octanol–water partition coefficient (Wildman–Crippen LogP) is 2.40. The maximum atomic E-state index is 12.0. The largest absolute Gasteiger partial charge is 0.378 e. The van der Waals surface area contributed by atoms with Crippen LogP contribution in [0.2, 0.25) is 0 Å². The lowest BCUT2D eigenvalue weighted by molar-refractivity contribution is -0.117. The van der Waals surface area contributed by atoms with Gasteiger partial charge in [-0.05, 0) is 50.9 Å². The van der Waals surface area contributed by atoms with E-state index in [4.69, 9.17) is 4.74 Å². The van der Waals surface area contributed by atoms with Crippen LogP contribution in [0.25, 0.3) is 0 Å². The topological polar surface area (TPSA) is 50.4 Å². The molecule has 20 heavy (non-hydrogen) atoms. The van der Waals surface area contributed by atoms with Crippen LogP contribution in [-0.4, -0.2) is 31.7 Å². The molecule has 1 heterocycles. The number of piperidine rings is 1. The number of hydrogen-bond acceptors (Lipinski definition) is 3. The molecule has 0 aromatic heterocycles. The minimum atomic E-state index is 0.0244. The Bertz CT molecular complexity index is 434. The van der Waals surface area contributed by atoms with Crippen LogP contribution in [0.5, 0.6) is 0 Å². The van der Waals surface area contributed by atoms with Crippen LogP contribution in [0.3, 0.4) is 0 Å². The van der Waals surface area contributed by atoms with Crippen molar-refractivity contribution in [1.82, 2.24) is 5.32 Å². The van der Waals surface area contributed by atoms with Crippen molar-refractivity contribution in [3.05, 3.63) is 29.3 Å². The summed E-state index contributed by atoms with van der Waals surface area (Å²) in [6, 6.07) is 6.02. The standard InChI is InChI=1S/C16H24N2O2/c1-12-4-3-5-13(2)16(12)18-15(19)8-11-20-14-6-9-17-10-7-14/h3-5,14,17H,6-11H2,1-2H3,(H,18,19). The Kier molecular flexibility index (Phi) is 5.56. The molecule has 1 aromatic rings. The number of nitrogens with one attached hydrogen (secondary N) is 2. The first-order chi connectivity index (χ1) is 9.66. The molecule has 1 fully saturated rings. The van der Waals surface area contributed by atoms with Crippen LogP contribution < -0.4 is 10.6 Å². The van der Waals surface area contributed by atoms with E-state index in [0.29, 0.717) is 19.1 Å². The third-order valence-corrected chi connectivity index (χ3v) is 3.71. The lowest BCUT2D eigenvalue weighted by Crippen LogP contribution is -2.33. The van der Waals surface area contributed by atoms with Gasteiger partial charge in [0.25, 0.3) is 0 Å². The zero-order valence-corrected chi connectivity index (χ0v) is 12.4. The lowest BCUT2D eigenvalue weighted by atomic mass is 10.1. The van der Waals surface area contributed by atoms with Crippen LogP contribution in [0.1, 0.15) is 30.4 Å². The first kappa shape index (κ1) is 15.0. The normalized spacial score (nSPS) is 16.1. The Morgan fingerprint density at radius 1 is 1.30 bits per heavy atom. The number of para-hydroxylation sites is 1. The third kappa shape index (κ3) is 4.32. The minimum absolute atomic E-state index is 0.0244. The maximum absolute atomic E-state index is 12.0. The summed E-state index contributed by atoms with van der Waals surface area (Å²) in [6.45, 7) is 6.54. The molecule has 1 aromatic carbocycles. The maximum Gasteiger partial charge on any atom is 0.226 e. The quantitative estimate of drug-likeness (QED) is 0.868. The number of carbonyl (C=O) groups excluding carboxylic acids is 1.